The van der Waals surface area contributed by atoms with Crippen LogP contribution in [0, 0.1) is 5.82 Å². The molecule has 1 saturated heterocycles. The van der Waals surface area contributed by atoms with E-state index in [0.717, 1.165) is 0 Å². The number of carbonyl (C=O) groups excluding carboxylic acids is 1. The molecule has 0 N–H and O–H groups in total. The van der Waals surface area contributed by atoms with Gasteiger partial charge in [-0.15, -0.1) is 0 Å². The van der Waals surface area contributed by atoms with Gasteiger partial charge in [-0.1, -0.05) is 11.8 Å². The summed E-state index contributed by atoms with van der Waals surface area (Å²) < 4.78 is 31.1. The van der Waals surface area contributed by atoms with Crippen molar-refractivity contribution in [1.29, 1.82) is 0 Å². The predicted molar refractivity (Wildman–Crippen MR) is 116 cm³/mol. The summed E-state index contributed by atoms with van der Waals surface area (Å²) in [4.78, 5) is 12.5. The Kier molecular flexibility index (Phi) is 8.08. The van der Waals surface area contributed by atoms with Crippen molar-refractivity contribution < 1.29 is 23.2 Å². The first-order valence-electron chi connectivity index (χ1n) is 9.52. The van der Waals surface area contributed by atoms with Crippen LogP contribution in [0.25, 0.3) is 0 Å². The molecule has 1 aromatic rings. The lowest BCUT2D eigenvalue weighted by atomic mass is 9.81. The molecule has 8 heteroatoms. The summed E-state index contributed by atoms with van der Waals surface area (Å²) in [6.07, 6.45) is 1.52. The number of carbonyl (C=O) groups is 1. The number of ketones is 1. The first-order valence-corrected chi connectivity index (χ1v) is 10.8. The number of ether oxygens (including phenoxy) is 1. The highest BCUT2D eigenvalue weighted by atomic mass is 32.2. The third-order valence-corrected chi connectivity index (χ3v) is 6.62. The van der Waals surface area contributed by atoms with E-state index in [2.05, 4.69) is 0 Å². The molecule has 0 bridgehead atoms. The summed E-state index contributed by atoms with van der Waals surface area (Å²) in [5.41, 5.74) is -0.303. The zero-order valence-electron chi connectivity index (χ0n) is 17.1. The first-order chi connectivity index (χ1) is 13.0. The third-order valence-electron chi connectivity index (χ3n) is 5.14. The number of thiocarbonyl (C=S) groups is 1. The van der Waals surface area contributed by atoms with Crippen LogP contribution in [0.15, 0.2) is 24.3 Å². The molecule has 0 amide bonds. The van der Waals surface area contributed by atoms with Gasteiger partial charge < -0.3 is 14.0 Å². The number of halogens is 1. The summed E-state index contributed by atoms with van der Waals surface area (Å²) in [5, 5.41) is 0.0122. The predicted octanol–water partition coefficient (Wildman–Crippen LogP) is 5.30. The van der Waals surface area contributed by atoms with Gasteiger partial charge in [0.2, 0.25) is 4.38 Å². The van der Waals surface area contributed by atoms with E-state index in [1.807, 2.05) is 34.6 Å². The molecule has 0 radical (unpaired) electrons. The van der Waals surface area contributed by atoms with E-state index < -0.39 is 11.2 Å². The van der Waals surface area contributed by atoms with Crippen LogP contribution in [0.3, 0.4) is 0 Å². The quantitative estimate of drug-likeness (QED) is 0.319. The third kappa shape index (κ3) is 6.27. The van der Waals surface area contributed by atoms with Gasteiger partial charge in [0.25, 0.3) is 0 Å². The van der Waals surface area contributed by atoms with E-state index in [9.17, 15) is 9.18 Å². The Hall–Kier alpha value is -0.955. The molecule has 1 heterocycles. The molecule has 154 valence electrons. The van der Waals surface area contributed by atoms with E-state index in [1.165, 1.54) is 36.0 Å². The van der Waals surface area contributed by atoms with Crippen molar-refractivity contribution >= 4 is 41.3 Å². The second-order valence-electron chi connectivity index (χ2n) is 7.81. The van der Waals surface area contributed by atoms with Crippen LogP contribution in [-0.2, 0) is 14.0 Å². The van der Waals surface area contributed by atoms with Gasteiger partial charge in [-0.05, 0) is 83.8 Å². The van der Waals surface area contributed by atoms with Crippen molar-refractivity contribution in [3.63, 3.8) is 0 Å². The van der Waals surface area contributed by atoms with Crippen LogP contribution in [0.4, 0.5) is 4.39 Å². The molecule has 1 aromatic carbocycles. The maximum absolute atomic E-state index is 13.1. The molecule has 1 aliphatic heterocycles. The van der Waals surface area contributed by atoms with Crippen molar-refractivity contribution in [2.24, 2.45) is 0 Å². The Morgan fingerprint density at radius 1 is 1.21 bits per heavy atom. The zero-order valence-corrected chi connectivity index (χ0v) is 18.8. The highest BCUT2D eigenvalue weighted by Gasteiger charge is 2.51. The van der Waals surface area contributed by atoms with Gasteiger partial charge in [-0.2, -0.15) is 0 Å². The molecular formula is C20H28BFO4S2. The standard InChI is InChI=1S/C20H28BFO4S2/c1-6-24-18(27)28-16(13-21-25-19(2,3)20(4,5)26-21)11-12-17(23)14-7-9-15(22)10-8-14/h7-10,16H,6,11-13H2,1-5H3. The Labute approximate surface area is 177 Å². The minimum atomic E-state index is -0.406. The normalized spacial score (nSPS) is 18.7. The molecular weight excluding hydrogens is 398 g/mol. The number of benzene rings is 1. The largest absolute Gasteiger partial charge is 0.479 e. The molecule has 0 saturated carbocycles. The van der Waals surface area contributed by atoms with Crippen LogP contribution in [0.2, 0.25) is 6.32 Å². The van der Waals surface area contributed by atoms with Crippen LogP contribution in [0.1, 0.15) is 57.8 Å². The Bertz CT molecular complexity index is 678. The lowest BCUT2D eigenvalue weighted by Gasteiger charge is -2.32. The number of hydrogen-bond donors (Lipinski definition) is 0. The number of Topliss-reactive ketones (excluding diaryl/α,β-unsaturated/α-hetero) is 1. The van der Waals surface area contributed by atoms with Crippen LogP contribution in [0.5, 0.6) is 0 Å². The summed E-state index contributed by atoms with van der Waals surface area (Å²) in [6.45, 7) is 10.4. The molecule has 1 atom stereocenters. The van der Waals surface area contributed by atoms with E-state index in [4.69, 9.17) is 26.3 Å². The van der Waals surface area contributed by atoms with E-state index >= 15 is 0 Å². The van der Waals surface area contributed by atoms with Crippen molar-refractivity contribution in [2.75, 3.05) is 6.61 Å². The molecule has 28 heavy (non-hydrogen) atoms. The summed E-state index contributed by atoms with van der Waals surface area (Å²) in [7, 11) is -0.368. The summed E-state index contributed by atoms with van der Waals surface area (Å²) in [5.74, 6) is -0.380. The average molecular weight is 426 g/mol. The molecule has 0 aliphatic carbocycles. The molecule has 1 unspecified atom stereocenters. The van der Waals surface area contributed by atoms with Gasteiger partial charge in [0.15, 0.2) is 5.78 Å². The monoisotopic (exact) mass is 426 g/mol. The highest BCUT2D eigenvalue weighted by molar-refractivity contribution is 8.23. The molecule has 2 rings (SSSR count). The van der Waals surface area contributed by atoms with Gasteiger partial charge in [-0.25, -0.2) is 4.39 Å². The van der Waals surface area contributed by atoms with E-state index in [-0.39, 0.29) is 24.0 Å². The van der Waals surface area contributed by atoms with Gasteiger partial charge in [0.05, 0.1) is 17.8 Å². The Balaban J connectivity index is 2.00. The number of hydrogen-bond acceptors (Lipinski definition) is 6. The molecule has 0 aromatic heterocycles. The fourth-order valence-corrected chi connectivity index (χ4v) is 4.33. The smallest absolute Gasteiger partial charge is 0.458 e. The maximum atomic E-state index is 13.1. The lowest BCUT2D eigenvalue weighted by molar-refractivity contribution is 0.00578. The molecule has 4 nitrogen and oxygen atoms in total. The van der Waals surface area contributed by atoms with Crippen molar-refractivity contribution in [3.05, 3.63) is 35.6 Å². The van der Waals surface area contributed by atoms with Crippen molar-refractivity contribution in [2.45, 2.75) is 70.2 Å². The van der Waals surface area contributed by atoms with Gasteiger partial charge in [-0.3, -0.25) is 4.79 Å². The Morgan fingerprint density at radius 2 is 1.79 bits per heavy atom. The fraction of sp³-hybridized carbons (Fsp3) is 0.600. The SMILES string of the molecule is CCOC(=S)SC(CCC(=O)c1ccc(F)cc1)CB1OC(C)(C)C(C)(C)O1. The van der Waals surface area contributed by atoms with Crippen molar-refractivity contribution in [3.8, 4) is 0 Å². The van der Waals surface area contributed by atoms with Crippen LogP contribution < -0.4 is 0 Å². The fourth-order valence-electron chi connectivity index (χ4n) is 2.86. The molecule has 1 aliphatic rings. The highest BCUT2D eigenvalue weighted by Crippen LogP contribution is 2.39. The molecule has 1 fully saturated rings. The lowest BCUT2D eigenvalue weighted by Crippen LogP contribution is -2.41. The molecule has 0 spiro atoms. The van der Waals surface area contributed by atoms with Gasteiger partial charge in [0, 0.05) is 17.2 Å². The minimum absolute atomic E-state index is 0.0122. The van der Waals surface area contributed by atoms with Crippen LogP contribution in [-0.4, -0.2) is 40.3 Å². The number of rotatable bonds is 8. The maximum Gasteiger partial charge on any atom is 0.458 e. The number of thioether (sulfide) groups is 1. The van der Waals surface area contributed by atoms with Gasteiger partial charge >= 0.3 is 7.12 Å². The zero-order chi connectivity index (χ0) is 20.9. The average Bonchev–Trinajstić information content (AvgIpc) is 2.79. The summed E-state index contributed by atoms with van der Waals surface area (Å²) >= 11 is 6.71. The van der Waals surface area contributed by atoms with E-state index in [0.29, 0.717) is 35.7 Å². The van der Waals surface area contributed by atoms with E-state index in [1.54, 1.807) is 0 Å². The first kappa shape index (κ1) is 23.3. The van der Waals surface area contributed by atoms with Gasteiger partial charge in [0.1, 0.15) is 5.82 Å². The topological polar surface area (TPSA) is 44.8 Å². The second-order valence-corrected chi connectivity index (χ2v) is 9.72. The van der Waals surface area contributed by atoms with Crippen molar-refractivity contribution in [1.82, 2.24) is 0 Å². The Morgan fingerprint density at radius 3 is 2.32 bits per heavy atom. The minimum Gasteiger partial charge on any atom is -0.479 e. The van der Waals surface area contributed by atoms with Crippen LogP contribution >= 0.6 is 24.0 Å². The summed E-state index contributed by atoms with van der Waals surface area (Å²) in [6, 6.07) is 5.62. The second kappa shape index (κ2) is 9.70.